The summed E-state index contributed by atoms with van der Waals surface area (Å²) in [4.78, 5) is 95.0. The standard InChI is InChI=1S/C56H52BrN7O11/c1-33-49(43(59-60(33)2)31-74-36-18-19-42(57)35(29-36)30-65)40-13-6-12-38-39(15-8-28-73-45-16-5-10-34-9-3-4-11-37(34)45)52(56(71)72)63(51(38)40)27-24-61-22-25-62(26-23-61)48(67)32-75-46-17-7-14-41-50(46)55(70)64(54(41)69)44-20-21-47(66)58-53(44)68/h3-7,9-14,16-19,29-30,44H,8,15,20-28,31-32H2,1-2H3,(H,71,72)(H,58,66,68). The third-order valence-electron chi connectivity index (χ3n) is 14.3. The minimum Gasteiger partial charge on any atom is -0.493 e. The molecule has 7 aromatic rings. The number of fused-ring (bicyclic) bond motifs is 3. The molecule has 5 aromatic carbocycles. The SMILES string of the molecule is Cc1c(-c2cccc3c(CCCOc4cccc5ccccc45)c(C(=O)O)n(CCN4CCN(C(=O)COc5cccc6c5C(=O)N(C5CCC(=O)NC5=O)C6=O)CC4)c23)c(COc2ccc(Br)c(C=O)c2)nn1C. The number of carboxylic acids is 1. The van der Waals surface area contributed by atoms with E-state index in [-0.39, 0.29) is 47.9 Å². The summed E-state index contributed by atoms with van der Waals surface area (Å²) in [5.41, 5.74) is 5.11. The number of piperazine rings is 1. The summed E-state index contributed by atoms with van der Waals surface area (Å²) in [7, 11) is 1.85. The number of nitrogens with one attached hydrogen (secondary N) is 1. The third-order valence-corrected chi connectivity index (χ3v) is 15.0. The zero-order chi connectivity index (χ0) is 52.5. The molecule has 5 heterocycles. The van der Waals surface area contributed by atoms with Crippen LogP contribution in [0, 0.1) is 6.92 Å². The van der Waals surface area contributed by atoms with E-state index in [4.69, 9.17) is 19.3 Å². The molecular formula is C56H52BrN7O11. The molecule has 1 unspecified atom stereocenters. The number of aldehydes is 1. The lowest BCUT2D eigenvalue weighted by Crippen LogP contribution is -2.54. The molecule has 0 radical (unpaired) electrons. The molecule has 384 valence electrons. The fraction of sp³-hybridized carbons (Fsp3) is 0.286. The number of aromatic nitrogens is 3. The van der Waals surface area contributed by atoms with Gasteiger partial charge in [0.1, 0.15) is 41.3 Å². The minimum atomic E-state index is -1.14. The van der Waals surface area contributed by atoms with Crippen LogP contribution in [0.4, 0.5) is 0 Å². The number of imide groups is 2. The maximum absolute atomic E-state index is 13.6. The molecule has 18 nitrogen and oxygen atoms in total. The van der Waals surface area contributed by atoms with E-state index in [0.29, 0.717) is 85.8 Å². The van der Waals surface area contributed by atoms with Crippen LogP contribution in [0.25, 0.3) is 32.8 Å². The van der Waals surface area contributed by atoms with E-state index in [1.807, 2.05) is 79.2 Å². The maximum atomic E-state index is 13.6. The molecule has 2 fully saturated rings. The van der Waals surface area contributed by atoms with Crippen LogP contribution in [0.1, 0.15) is 77.8 Å². The van der Waals surface area contributed by atoms with Crippen molar-refractivity contribution < 1.29 is 52.9 Å². The number of benzene rings is 5. The van der Waals surface area contributed by atoms with E-state index in [9.17, 15) is 38.7 Å². The second-order valence-corrected chi connectivity index (χ2v) is 19.5. The molecule has 0 saturated carbocycles. The highest BCUT2D eigenvalue weighted by Gasteiger charge is 2.46. The number of aryl methyl sites for hydroxylation is 2. The monoisotopic (exact) mass is 1080 g/mol. The molecule has 3 aliphatic rings. The number of carboxylic acid groups (broad SMARTS) is 1. The van der Waals surface area contributed by atoms with Gasteiger partial charge in [-0.1, -0.05) is 76.6 Å². The summed E-state index contributed by atoms with van der Waals surface area (Å²) in [6, 6.07) is 28.3. The number of halogens is 1. The van der Waals surface area contributed by atoms with Crippen molar-refractivity contribution in [3.63, 3.8) is 0 Å². The molecule has 19 heteroatoms. The molecular weight excluding hydrogens is 1030 g/mol. The number of hydrogen-bond donors (Lipinski definition) is 2. The number of para-hydroxylation sites is 1. The van der Waals surface area contributed by atoms with E-state index in [2.05, 4.69) is 26.1 Å². The van der Waals surface area contributed by atoms with Gasteiger partial charge < -0.3 is 28.8 Å². The Morgan fingerprint density at radius 2 is 1.56 bits per heavy atom. The Hall–Kier alpha value is -8.16. The van der Waals surface area contributed by atoms with Crippen LogP contribution in [-0.4, -0.2) is 128 Å². The Morgan fingerprint density at radius 3 is 2.35 bits per heavy atom. The number of nitrogens with zero attached hydrogens (tertiary/aromatic N) is 6. The number of aromatic carboxylic acids is 1. The van der Waals surface area contributed by atoms with Crippen LogP contribution in [0.3, 0.4) is 0 Å². The Bertz CT molecular complexity index is 3460. The average molecular weight is 1080 g/mol. The molecule has 2 N–H and O–H groups in total. The molecule has 75 heavy (non-hydrogen) atoms. The van der Waals surface area contributed by atoms with Crippen molar-refractivity contribution in [3.05, 3.63) is 141 Å². The average Bonchev–Trinajstić information content (AvgIpc) is 3.99. The van der Waals surface area contributed by atoms with Crippen molar-refractivity contribution >= 4 is 79.4 Å². The van der Waals surface area contributed by atoms with Gasteiger partial charge in [-0.15, -0.1) is 0 Å². The second kappa shape index (κ2) is 21.4. The summed E-state index contributed by atoms with van der Waals surface area (Å²) >= 11 is 3.40. The van der Waals surface area contributed by atoms with Gasteiger partial charge in [0.2, 0.25) is 11.8 Å². The lowest BCUT2D eigenvalue weighted by Gasteiger charge is -2.35. The molecule has 1 atom stereocenters. The Morgan fingerprint density at radius 1 is 0.827 bits per heavy atom. The largest absolute Gasteiger partial charge is 0.493 e. The van der Waals surface area contributed by atoms with E-state index in [1.165, 1.54) is 18.2 Å². The maximum Gasteiger partial charge on any atom is 0.352 e. The van der Waals surface area contributed by atoms with Gasteiger partial charge in [0, 0.05) is 90.4 Å². The van der Waals surface area contributed by atoms with Gasteiger partial charge in [-0.05, 0) is 73.5 Å². The number of amides is 5. The predicted molar refractivity (Wildman–Crippen MR) is 279 cm³/mol. The first-order valence-corrected chi connectivity index (χ1v) is 25.5. The zero-order valence-electron chi connectivity index (χ0n) is 41.2. The summed E-state index contributed by atoms with van der Waals surface area (Å²) in [5, 5.41) is 21.0. The normalized spacial score (nSPS) is 15.9. The highest BCUT2D eigenvalue weighted by Crippen LogP contribution is 2.39. The Balaban J connectivity index is 0.873. The number of carbonyl (C=O) groups is 7. The van der Waals surface area contributed by atoms with Crippen LogP contribution in [0.15, 0.2) is 102 Å². The number of carbonyl (C=O) groups excluding carboxylic acids is 6. The molecule has 2 aromatic heterocycles. The van der Waals surface area contributed by atoms with Crippen LogP contribution >= 0.6 is 15.9 Å². The topological polar surface area (TPSA) is 212 Å². The third kappa shape index (κ3) is 9.88. The Labute approximate surface area is 438 Å². The Kier molecular flexibility index (Phi) is 14.3. The number of hydrogen-bond acceptors (Lipinski definition) is 12. The highest BCUT2D eigenvalue weighted by atomic mass is 79.9. The van der Waals surface area contributed by atoms with Crippen LogP contribution in [0.5, 0.6) is 17.2 Å². The number of piperidine rings is 1. The summed E-state index contributed by atoms with van der Waals surface area (Å²) in [5.74, 6) is -2.72. The van der Waals surface area contributed by atoms with Gasteiger partial charge in [-0.25, -0.2) is 4.79 Å². The molecule has 10 rings (SSSR count). The zero-order valence-corrected chi connectivity index (χ0v) is 42.8. The number of rotatable bonds is 18. The highest BCUT2D eigenvalue weighted by molar-refractivity contribution is 9.10. The van der Waals surface area contributed by atoms with Gasteiger partial charge in [0.05, 0.1) is 23.3 Å². The van der Waals surface area contributed by atoms with Crippen molar-refractivity contribution in [2.45, 2.75) is 51.8 Å². The van der Waals surface area contributed by atoms with Crippen molar-refractivity contribution in [2.75, 3.05) is 45.9 Å². The smallest absolute Gasteiger partial charge is 0.352 e. The molecule has 0 aliphatic carbocycles. The van der Waals surface area contributed by atoms with Gasteiger partial charge in [-0.3, -0.25) is 48.6 Å². The van der Waals surface area contributed by atoms with Crippen LogP contribution in [0.2, 0.25) is 0 Å². The van der Waals surface area contributed by atoms with Gasteiger partial charge >= 0.3 is 5.97 Å². The van der Waals surface area contributed by atoms with Gasteiger partial charge in [0.15, 0.2) is 12.9 Å². The summed E-state index contributed by atoms with van der Waals surface area (Å²) in [6.07, 6.45) is 1.70. The molecule has 5 amide bonds. The van der Waals surface area contributed by atoms with E-state index < -0.39 is 42.2 Å². The molecule has 0 bridgehead atoms. The van der Waals surface area contributed by atoms with Crippen LogP contribution in [-0.2, 0) is 41.0 Å². The van der Waals surface area contributed by atoms with Crippen molar-refractivity contribution in [3.8, 4) is 28.4 Å². The van der Waals surface area contributed by atoms with E-state index in [1.54, 1.807) is 27.8 Å². The van der Waals surface area contributed by atoms with Gasteiger partial charge in [-0.2, -0.15) is 5.10 Å². The van der Waals surface area contributed by atoms with E-state index >= 15 is 0 Å². The lowest BCUT2D eigenvalue weighted by atomic mass is 9.98. The minimum absolute atomic E-state index is 0.00739. The first-order chi connectivity index (χ1) is 36.3. The van der Waals surface area contributed by atoms with Crippen molar-refractivity contribution in [2.24, 2.45) is 7.05 Å². The molecule has 0 spiro atoms. The predicted octanol–water partition coefficient (Wildman–Crippen LogP) is 6.99. The second-order valence-electron chi connectivity index (χ2n) is 18.7. The van der Waals surface area contributed by atoms with E-state index in [0.717, 1.165) is 55.4 Å². The molecule has 3 aliphatic heterocycles. The fourth-order valence-electron chi connectivity index (χ4n) is 10.4. The first kappa shape index (κ1) is 50.4. The molecule has 2 saturated heterocycles. The number of ether oxygens (including phenoxy) is 3. The fourth-order valence-corrected chi connectivity index (χ4v) is 10.8. The summed E-state index contributed by atoms with van der Waals surface area (Å²) < 4.78 is 22.8. The van der Waals surface area contributed by atoms with Crippen molar-refractivity contribution in [1.29, 1.82) is 0 Å². The first-order valence-electron chi connectivity index (χ1n) is 24.7. The quantitative estimate of drug-likeness (QED) is 0.0505. The van der Waals surface area contributed by atoms with Crippen LogP contribution < -0.4 is 19.5 Å². The van der Waals surface area contributed by atoms with Crippen molar-refractivity contribution in [1.82, 2.24) is 34.4 Å². The van der Waals surface area contributed by atoms with Gasteiger partial charge in [0.25, 0.3) is 17.7 Å². The lowest BCUT2D eigenvalue weighted by molar-refractivity contribution is -0.136. The summed E-state index contributed by atoms with van der Waals surface area (Å²) in [6.45, 7) is 4.42.